The van der Waals surface area contributed by atoms with Crippen LogP contribution in [0.25, 0.3) is 0 Å². The van der Waals surface area contributed by atoms with Crippen molar-refractivity contribution in [1.82, 2.24) is 15.0 Å². The summed E-state index contributed by atoms with van der Waals surface area (Å²) < 4.78 is 0. The third kappa shape index (κ3) is 3.06. The van der Waals surface area contributed by atoms with Crippen LogP contribution in [-0.2, 0) is 0 Å². The van der Waals surface area contributed by atoms with Crippen LogP contribution in [0.4, 0.5) is 11.6 Å². The summed E-state index contributed by atoms with van der Waals surface area (Å²) in [6.45, 7) is 1.51. The molecule has 0 aromatic carbocycles. The van der Waals surface area contributed by atoms with Crippen LogP contribution in [0.5, 0.6) is 0 Å². The number of pyridine rings is 1. The van der Waals surface area contributed by atoms with E-state index in [1.165, 1.54) is 6.20 Å². The van der Waals surface area contributed by atoms with E-state index in [4.69, 9.17) is 5.26 Å². The van der Waals surface area contributed by atoms with Crippen LogP contribution in [0.2, 0.25) is 0 Å². The Labute approximate surface area is 127 Å². The van der Waals surface area contributed by atoms with Crippen LogP contribution >= 0.6 is 0 Å². The average molecular weight is 296 g/mol. The number of H-pyrrole nitrogens is 1. The summed E-state index contributed by atoms with van der Waals surface area (Å²) in [4.78, 5) is 24.9. The number of anilines is 2. The number of rotatable bonds is 3. The zero-order valence-electron chi connectivity index (χ0n) is 12.0. The van der Waals surface area contributed by atoms with Crippen LogP contribution in [0.3, 0.4) is 0 Å². The van der Waals surface area contributed by atoms with Gasteiger partial charge < -0.3 is 15.2 Å². The van der Waals surface area contributed by atoms with E-state index in [1.807, 2.05) is 11.0 Å². The number of aromatic nitrogens is 3. The van der Waals surface area contributed by atoms with Crippen LogP contribution in [0.15, 0.2) is 35.5 Å². The largest absolute Gasteiger partial charge is 0.366 e. The van der Waals surface area contributed by atoms with Crippen molar-refractivity contribution < 1.29 is 0 Å². The molecule has 1 saturated heterocycles. The lowest BCUT2D eigenvalue weighted by Crippen LogP contribution is -2.44. The average Bonchev–Trinajstić information content (AvgIpc) is 2.56. The van der Waals surface area contributed by atoms with Crippen molar-refractivity contribution in [2.45, 2.75) is 18.9 Å². The number of nitriles is 1. The van der Waals surface area contributed by atoms with E-state index in [0.29, 0.717) is 17.9 Å². The molecule has 2 N–H and O–H groups in total. The first-order chi connectivity index (χ1) is 10.8. The lowest BCUT2D eigenvalue weighted by Gasteiger charge is -2.33. The molecule has 0 spiro atoms. The molecule has 3 rings (SSSR count). The Hall–Kier alpha value is -2.88. The second-order valence-electron chi connectivity index (χ2n) is 5.22. The van der Waals surface area contributed by atoms with Gasteiger partial charge in [0, 0.05) is 37.7 Å². The van der Waals surface area contributed by atoms with Crippen molar-refractivity contribution in [1.29, 1.82) is 5.26 Å². The zero-order valence-corrected chi connectivity index (χ0v) is 12.0. The number of nitrogens with one attached hydrogen (secondary N) is 2. The van der Waals surface area contributed by atoms with Crippen molar-refractivity contribution >= 4 is 11.6 Å². The second kappa shape index (κ2) is 6.26. The van der Waals surface area contributed by atoms with E-state index >= 15 is 0 Å². The van der Waals surface area contributed by atoms with E-state index < -0.39 is 0 Å². The smallest absolute Gasteiger partial charge is 0.290 e. The third-order valence-electron chi connectivity index (χ3n) is 3.65. The molecule has 2 aromatic heterocycles. The van der Waals surface area contributed by atoms with Crippen LogP contribution in [-0.4, -0.2) is 34.1 Å². The van der Waals surface area contributed by atoms with Crippen molar-refractivity contribution in [3.8, 4) is 6.07 Å². The maximum Gasteiger partial charge on any atom is 0.290 e. The quantitative estimate of drug-likeness (QED) is 0.880. The monoisotopic (exact) mass is 296 g/mol. The maximum absolute atomic E-state index is 11.8. The van der Waals surface area contributed by atoms with E-state index in [2.05, 4.69) is 20.3 Å². The molecule has 7 nitrogen and oxygen atoms in total. The van der Waals surface area contributed by atoms with E-state index in [0.717, 1.165) is 25.2 Å². The van der Waals surface area contributed by atoms with Gasteiger partial charge in [-0.05, 0) is 25.0 Å². The Morgan fingerprint density at radius 1 is 1.41 bits per heavy atom. The van der Waals surface area contributed by atoms with Gasteiger partial charge in [0.05, 0.1) is 5.56 Å². The Bertz CT molecular complexity index is 733. The first kappa shape index (κ1) is 14.1. The van der Waals surface area contributed by atoms with Crippen molar-refractivity contribution in [2.24, 2.45) is 0 Å². The highest BCUT2D eigenvalue weighted by atomic mass is 16.1. The predicted molar refractivity (Wildman–Crippen MR) is 82.7 cm³/mol. The van der Waals surface area contributed by atoms with Gasteiger partial charge in [-0.25, -0.2) is 9.97 Å². The van der Waals surface area contributed by atoms with E-state index in [1.54, 1.807) is 24.5 Å². The highest BCUT2D eigenvalue weighted by Crippen LogP contribution is 2.17. The second-order valence-corrected chi connectivity index (χ2v) is 5.22. The summed E-state index contributed by atoms with van der Waals surface area (Å²) in [6.07, 6.45) is 6.65. The molecule has 112 valence electrons. The van der Waals surface area contributed by atoms with Gasteiger partial charge >= 0.3 is 0 Å². The third-order valence-corrected chi connectivity index (χ3v) is 3.65. The Morgan fingerprint density at radius 2 is 2.32 bits per heavy atom. The molecule has 22 heavy (non-hydrogen) atoms. The Balaban J connectivity index is 1.69. The highest BCUT2D eigenvalue weighted by Gasteiger charge is 2.22. The molecule has 0 amide bonds. The molecule has 2 aromatic rings. The lowest BCUT2D eigenvalue weighted by atomic mass is 10.1. The highest BCUT2D eigenvalue weighted by molar-refractivity contribution is 5.42. The number of piperidine rings is 1. The lowest BCUT2D eigenvalue weighted by molar-refractivity contribution is 0.524. The van der Waals surface area contributed by atoms with Gasteiger partial charge in [0.25, 0.3) is 5.56 Å². The fraction of sp³-hybridized carbons (Fsp3) is 0.333. The Morgan fingerprint density at radius 3 is 3.05 bits per heavy atom. The van der Waals surface area contributed by atoms with Gasteiger partial charge in [-0.1, -0.05) is 0 Å². The number of hydrogen-bond acceptors (Lipinski definition) is 6. The Kier molecular flexibility index (Phi) is 4.01. The van der Waals surface area contributed by atoms with Crippen molar-refractivity contribution in [3.05, 3.63) is 46.6 Å². The fourth-order valence-electron chi connectivity index (χ4n) is 2.61. The summed E-state index contributed by atoms with van der Waals surface area (Å²) in [5.41, 5.74) is 0.371. The standard InChI is InChI=1S/C15H16N6O/c16-8-11-3-4-13(19-9-11)20-12-2-1-7-21(10-12)14-15(22)18-6-5-17-14/h3-6,9,12H,1-2,7,10H2,(H,18,22)(H,19,20). The number of hydrogen-bond donors (Lipinski definition) is 2. The molecule has 7 heteroatoms. The molecule has 1 atom stereocenters. The maximum atomic E-state index is 11.8. The van der Waals surface area contributed by atoms with Crippen LogP contribution in [0, 0.1) is 11.3 Å². The summed E-state index contributed by atoms with van der Waals surface area (Å²) in [6, 6.07) is 5.77. The topological polar surface area (TPSA) is 97.7 Å². The van der Waals surface area contributed by atoms with E-state index in [9.17, 15) is 4.79 Å². The molecule has 0 saturated carbocycles. The van der Waals surface area contributed by atoms with Gasteiger partial charge in [-0.15, -0.1) is 0 Å². The molecular weight excluding hydrogens is 280 g/mol. The van der Waals surface area contributed by atoms with Crippen LogP contribution in [0.1, 0.15) is 18.4 Å². The number of aromatic amines is 1. The van der Waals surface area contributed by atoms with Crippen LogP contribution < -0.4 is 15.8 Å². The van der Waals surface area contributed by atoms with Gasteiger partial charge in [0.15, 0.2) is 5.82 Å². The van der Waals surface area contributed by atoms with Gasteiger partial charge in [0.1, 0.15) is 11.9 Å². The molecule has 0 bridgehead atoms. The van der Waals surface area contributed by atoms with Crippen molar-refractivity contribution in [2.75, 3.05) is 23.3 Å². The molecule has 1 aliphatic rings. The fourth-order valence-corrected chi connectivity index (χ4v) is 2.61. The molecule has 0 radical (unpaired) electrons. The molecule has 1 fully saturated rings. The van der Waals surface area contributed by atoms with Gasteiger partial charge in [-0.3, -0.25) is 4.79 Å². The summed E-state index contributed by atoms with van der Waals surface area (Å²) in [5.74, 6) is 1.20. The molecule has 1 aliphatic heterocycles. The minimum Gasteiger partial charge on any atom is -0.366 e. The van der Waals surface area contributed by atoms with Gasteiger partial charge in [-0.2, -0.15) is 5.26 Å². The SMILES string of the molecule is N#Cc1ccc(NC2CCCN(c3ncc[nH]c3=O)C2)nc1. The minimum absolute atomic E-state index is 0.167. The predicted octanol–water partition coefficient (Wildman–Crippen LogP) is 1.12. The van der Waals surface area contributed by atoms with Gasteiger partial charge in [0.2, 0.25) is 0 Å². The van der Waals surface area contributed by atoms with Crippen molar-refractivity contribution in [3.63, 3.8) is 0 Å². The summed E-state index contributed by atoms with van der Waals surface area (Å²) >= 11 is 0. The molecular formula is C15H16N6O. The minimum atomic E-state index is -0.167. The number of nitrogens with zero attached hydrogens (tertiary/aromatic N) is 4. The normalized spacial score (nSPS) is 17.8. The zero-order chi connectivity index (χ0) is 15.4. The first-order valence-corrected chi connectivity index (χ1v) is 7.17. The van der Waals surface area contributed by atoms with E-state index in [-0.39, 0.29) is 11.6 Å². The summed E-state index contributed by atoms with van der Waals surface area (Å²) in [5, 5.41) is 12.1. The summed E-state index contributed by atoms with van der Waals surface area (Å²) in [7, 11) is 0. The molecule has 0 aliphatic carbocycles. The molecule has 3 heterocycles. The first-order valence-electron chi connectivity index (χ1n) is 7.17. The molecule has 1 unspecified atom stereocenters.